The number of hydrogen-bond donors (Lipinski definition) is 0. The van der Waals surface area contributed by atoms with Gasteiger partial charge in [0.2, 0.25) is 0 Å². The van der Waals surface area contributed by atoms with Crippen molar-refractivity contribution < 1.29 is 18.8 Å². The van der Waals surface area contributed by atoms with Crippen LogP contribution in [0.2, 0.25) is 0 Å². The van der Waals surface area contributed by atoms with E-state index in [1.807, 2.05) is 61.6 Å². The van der Waals surface area contributed by atoms with E-state index in [9.17, 15) is 4.79 Å². The van der Waals surface area contributed by atoms with Gasteiger partial charge in [-0.2, -0.15) is 0 Å². The van der Waals surface area contributed by atoms with Crippen LogP contribution in [-0.4, -0.2) is 69.4 Å². The lowest BCUT2D eigenvalue weighted by atomic mass is 9.89. The number of ether oxygens (including phenoxy) is 2. The Morgan fingerprint density at radius 1 is 1.11 bits per heavy atom. The number of carbonyl (C=O) groups excluding carboxylic acids is 1. The lowest BCUT2D eigenvalue weighted by molar-refractivity contribution is -0.153. The molecule has 1 rings (SSSR count). The van der Waals surface area contributed by atoms with Gasteiger partial charge in [-0.15, -0.1) is 0 Å². The first-order valence-electron chi connectivity index (χ1n) is 10.5. The summed E-state index contributed by atoms with van der Waals surface area (Å²) in [6, 6.07) is 0. The van der Waals surface area contributed by atoms with Crippen LogP contribution in [0.15, 0.2) is 0 Å². The number of carbonyl (C=O) groups is 1. The van der Waals surface area contributed by atoms with Crippen molar-refractivity contribution in [1.29, 1.82) is 0 Å². The fraction of sp³-hybridized carbons (Fsp3) is 0.950. The topological polar surface area (TPSA) is 48.0 Å². The maximum Gasteiger partial charge on any atom is 0.311 e. The van der Waals surface area contributed by atoms with Gasteiger partial charge in [0.15, 0.2) is 6.55 Å². The van der Waals surface area contributed by atoms with Crippen LogP contribution in [0.3, 0.4) is 0 Å². The van der Waals surface area contributed by atoms with E-state index in [-0.39, 0.29) is 5.97 Å². The first kappa shape index (κ1) is 33.1. The summed E-state index contributed by atoms with van der Waals surface area (Å²) in [5, 5.41) is 0. The molecule has 1 saturated heterocycles. The van der Waals surface area contributed by atoms with Crippen LogP contribution in [0.5, 0.6) is 0 Å². The van der Waals surface area contributed by atoms with E-state index in [4.69, 9.17) is 14.0 Å². The van der Waals surface area contributed by atoms with E-state index in [2.05, 4.69) is 4.90 Å². The average Bonchev–Trinajstić information content (AvgIpc) is 2.77. The number of morpholine rings is 1. The molecule has 0 spiro atoms. The van der Waals surface area contributed by atoms with E-state index in [1.165, 1.54) is 0 Å². The second-order valence-corrected chi connectivity index (χ2v) is 12.0. The van der Waals surface area contributed by atoms with Crippen molar-refractivity contribution in [3.8, 4) is 0 Å². The number of rotatable bonds is 10. The van der Waals surface area contributed by atoms with Gasteiger partial charge in [0.25, 0.3) is 0 Å². The Morgan fingerprint density at radius 2 is 1.64 bits per heavy atom. The van der Waals surface area contributed by atoms with Gasteiger partial charge in [0.05, 0.1) is 18.6 Å². The highest BCUT2D eigenvalue weighted by Gasteiger charge is 2.30. The molecule has 1 fully saturated rings. The third kappa shape index (κ3) is 17.3. The van der Waals surface area contributed by atoms with Gasteiger partial charge in [-0.1, -0.05) is 64.3 Å². The van der Waals surface area contributed by atoms with E-state index < -0.39 is 12.0 Å². The summed E-state index contributed by atoms with van der Waals surface area (Å²) in [5.41, 5.74) is -0.436. The highest BCUT2D eigenvalue weighted by molar-refractivity contribution is 8.86. The highest BCUT2D eigenvalue weighted by Crippen LogP contribution is 2.59. The molecule has 0 saturated carbocycles. The molecule has 1 atom stereocenters. The van der Waals surface area contributed by atoms with Crippen LogP contribution < -0.4 is 0 Å². The number of hydrogen-bond acceptors (Lipinski definition) is 7. The van der Waals surface area contributed by atoms with Gasteiger partial charge in [-0.25, -0.2) is 0 Å². The molecule has 0 aromatic carbocycles. The van der Waals surface area contributed by atoms with Crippen molar-refractivity contribution in [2.45, 2.75) is 61.8 Å². The lowest BCUT2D eigenvalue weighted by Crippen LogP contribution is -2.39. The van der Waals surface area contributed by atoms with E-state index in [0.717, 1.165) is 45.0 Å². The summed E-state index contributed by atoms with van der Waals surface area (Å²) < 4.78 is 16.1. The van der Waals surface area contributed by atoms with Crippen LogP contribution in [0.4, 0.5) is 0 Å². The van der Waals surface area contributed by atoms with Crippen molar-refractivity contribution in [2.75, 3.05) is 58.6 Å². The normalized spacial score (nSPS) is 14.9. The number of nitrogens with zero attached hydrogens (tertiary/aromatic N) is 1. The van der Waals surface area contributed by atoms with Gasteiger partial charge in [-0.05, 0) is 33.1 Å². The Labute approximate surface area is 184 Å². The molecular formula is C20H46NO4PS2. The maximum absolute atomic E-state index is 12.2. The quantitative estimate of drug-likeness (QED) is 0.215. The maximum atomic E-state index is 12.2. The van der Waals surface area contributed by atoms with Crippen LogP contribution in [0.25, 0.3) is 0 Å². The van der Waals surface area contributed by atoms with Crippen LogP contribution in [0.1, 0.15) is 61.8 Å². The van der Waals surface area contributed by atoms with Gasteiger partial charge in [-0.3, -0.25) is 9.69 Å². The molecule has 0 amide bonds. The molecular weight excluding hydrogens is 413 g/mol. The van der Waals surface area contributed by atoms with Crippen molar-refractivity contribution in [2.24, 2.45) is 5.41 Å². The first-order chi connectivity index (χ1) is 13.5. The molecule has 0 aliphatic carbocycles. The van der Waals surface area contributed by atoms with Crippen molar-refractivity contribution in [1.82, 2.24) is 4.90 Å². The Morgan fingerprint density at radius 3 is 2.11 bits per heavy atom. The lowest BCUT2D eigenvalue weighted by Gasteiger charge is -2.30. The monoisotopic (exact) mass is 459 g/mol. The smallest absolute Gasteiger partial charge is 0.311 e. The largest absolute Gasteiger partial charge is 0.464 e. The Kier molecular flexibility index (Phi) is 28.1. The van der Waals surface area contributed by atoms with Gasteiger partial charge in [0.1, 0.15) is 6.61 Å². The van der Waals surface area contributed by atoms with E-state index in [0.29, 0.717) is 6.61 Å². The van der Waals surface area contributed by atoms with Crippen LogP contribution in [0, 0.1) is 5.41 Å². The summed E-state index contributed by atoms with van der Waals surface area (Å²) in [6.45, 7) is 20.3. The van der Waals surface area contributed by atoms with Crippen LogP contribution in [-0.2, 0) is 18.8 Å². The van der Waals surface area contributed by atoms with Crippen molar-refractivity contribution >= 4 is 35.3 Å². The molecule has 0 aromatic heterocycles. The average molecular weight is 460 g/mol. The Hall–Kier alpha value is 0.480. The van der Waals surface area contributed by atoms with E-state index in [1.54, 1.807) is 29.9 Å². The molecule has 5 nitrogen and oxygen atoms in total. The minimum atomic E-state index is -0.507. The number of esters is 1. The molecule has 0 aromatic rings. The fourth-order valence-electron chi connectivity index (χ4n) is 1.99. The van der Waals surface area contributed by atoms with Crippen molar-refractivity contribution in [3.05, 3.63) is 0 Å². The zero-order valence-corrected chi connectivity index (χ0v) is 22.5. The van der Waals surface area contributed by atoms with Gasteiger partial charge in [0, 0.05) is 26.0 Å². The van der Waals surface area contributed by atoms with E-state index >= 15 is 0 Å². The summed E-state index contributed by atoms with van der Waals surface area (Å²) in [5.74, 6) is 0.679. The molecule has 172 valence electrons. The molecule has 0 radical (unpaired) electrons. The van der Waals surface area contributed by atoms with Gasteiger partial charge >= 0.3 is 5.97 Å². The second kappa shape index (κ2) is 23.8. The molecule has 1 aliphatic rings. The minimum Gasteiger partial charge on any atom is -0.464 e. The summed E-state index contributed by atoms with van der Waals surface area (Å²) in [6.07, 6.45) is 2.84. The fourth-order valence-corrected chi connectivity index (χ4v) is 6.02. The Bertz CT molecular complexity index is 327. The van der Waals surface area contributed by atoms with Crippen molar-refractivity contribution in [3.63, 3.8) is 0 Å². The molecule has 1 unspecified atom stereocenters. The molecule has 8 heteroatoms. The molecule has 0 bridgehead atoms. The predicted molar refractivity (Wildman–Crippen MR) is 131 cm³/mol. The van der Waals surface area contributed by atoms with Crippen LogP contribution >= 0.6 is 29.3 Å². The third-order valence-electron chi connectivity index (χ3n) is 3.52. The summed E-state index contributed by atoms with van der Waals surface area (Å²) >= 11 is 3.42. The minimum absolute atomic E-state index is 0.104. The highest BCUT2D eigenvalue weighted by atomic mass is 33.1. The summed E-state index contributed by atoms with van der Waals surface area (Å²) in [7, 11) is 1.72. The second-order valence-electron chi connectivity index (χ2n) is 5.65. The Balaban J connectivity index is -0.000000946. The SMILES string of the molecule is CC.CC.CC.COP(SC)SCCOC(=O)C(C)(C)CCN1CCOCC1. The molecule has 1 heterocycles. The zero-order chi connectivity index (χ0) is 22.4. The molecule has 0 N–H and O–H groups in total. The third-order valence-corrected chi connectivity index (χ3v) is 9.94. The molecule has 28 heavy (non-hydrogen) atoms. The molecule has 1 aliphatic heterocycles. The first-order valence-corrected chi connectivity index (χ1v) is 15.2. The van der Waals surface area contributed by atoms with Gasteiger partial charge < -0.3 is 14.0 Å². The zero-order valence-electron chi connectivity index (χ0n) is 20.0. The predicted octanol–water partition coefficient (Wildman–Crippen LogP) is 6.33. The summed E-state index contributed by atoms with van der Waals surface area (Å²) in [4.78, 5) is 14.6. The standard InChI is InChI=1S/C14H28NO4PS2.3C2H6/c1-14(2,5-6-15-7-9-18-10-8-15)13(16)19-11-12-22-20(17-3)21-4;3*1-2/h5-12H2,1-4H3;3*1-2H3.